The highest BCUT2D eigenvalue weighted by Gasteiger charge is 2.40. The third-order valence-electron chi connectivity index (χ3n) is 3.86. The van der Waals surface area contributed by atoms with E-state index in [9.17, 15) is 13.2 Å². The van der Waals surface area contributed by atoms with Crippen LogP contribution in [0.4, 0.5) is 18.9 Å². The molecule has 1 aromatic rings. The molecule has 1 atom stereocenters. The number of ether oxygens (including phenoxy) is 1. The summed E-state index contributed by atoms with van der Waals surface area (Å²) in [6, 6.07) is 2.28. The second-order valence-electron chi connectivity index (χ2n) is 5.08. The Morgan fingerprint density at radius 3 is 2.38 bits per heavy atom. The molecule has 1 aliphatic rings. The van der Waals surface area contributed by atoms with Crippen LogP contribution in [0.25, 0.3) is 0 Å². The first kappa shape index (κ1) is 16.0. The number of methoxy groups -OCH3 is 1. The Kier molecular flexibility index (Phi) is 4.15. The standard InChI is InChI=1S/C15H18F3NO2/c1-10-5-6-13-11(9-20-3)7-12(15(16,17)18)8-14(13)19(10,2)21-4/h5-8H,9H2,1-4H3/q+1. The third-order valence-corrected chi connectivity index (χ3v) is 3.86. The van der Waals surface area contributed by atoms with Crippen molar-refractivity contribution in [3.05, 3.63) is 47.0 Å². The number of hydrogen-bond donors (Lipinski definition) is 0. The highest BCUT2D eigenvalue weighted by atomic mass is 19.4. The number of hydroxylamine groups is 2. The van der Waals surface area contributed by atoms with Gasteiger partial charge in [0.2, 0.25) is 0 Å². The van der Waals surface area contributed by atoms with E-state index in [0.717, 1.165) is 17.8 Å². The molecule has 0 aromatic heterocycles. The molecule has 0 fully saturated rings. The van der Waals surface area contributed by atoms with Crippen LogP contribution in [0.15, 0.2) is 23.9 Å². The molecule has 1 radical (unpaired) electrons. The van der Waals surface area contributed by atoms with E-state index < -0.39 is 11.7 Å². The van der Waals surface area contributed by atoms with E-state index in [-0.39, 0.29) is 11.3 Å². The minimum atomic E-state index is -4.41. The maximum absolute atomic E-state index is 13.1. The quantitative estimate of drug-likeness (QED) is 0.790. The molecular formula is C15H18F3NO2+. The number of rotatable bonds is 3. The van der Waals surface area contributed by atoms with Gasteiger partial charge in [0.05, 0.1) is 19.3 Å². The normalized spacial score (nSPS) is 22.0. The lowest BCUT2D eigenvalue weighted by Gasteiger charge is -2.35. The maximum Gasteiger partial charge on any atom is 0.416 e. The van der Waals surface area contributed by atoms with Crippen molar-refractivity contribution in [2.45, 2.75) is 19.7 Å². The van der Waals surface area contributed by atoms with Crippen molar-refractivity contribution in [2.75, 3.05) is 21.3 Å². The SMILES string of the molecule is COCc1cc(C(F)(F)F)cc2c1[CH]C=C(C)[N+]2(C)OC. The molecule has 0 N–H and O–H groups in total. The Morgan fingerprint density at radius 2 is 1.86 bits per heavy atom. The summed E-state index contributed by atoms with van der Waals surface area (Å²) in [5.74, 6) is 0. The molecule has 1 aromatic carbocycles. The summed E-state index contributed by atoms with van der Waals surface area (Å²) in [5, 5.41) is 0. The van der Waals surface area contributed by atoms with Crippen LogP contribution >= 0.6 is 0 Å². The van der Waals surface area contributed by atoms with Crippen molar-refractivity contribution in [1.29, 1.82) is 0 Å². The average molecular weight is 301 g/mol. The van der Waals surface area contributed by atoms with Crippen LogP contribution in [0.5, 0.6) is 0 Å². The molecule has 0 aliphatic carbocycles. The molecule has 21 heavy (non-hydrogen) atoms. The van der Waals surface area contributed by atoms with Crippen LogP contribution in [0.3, 0.4) is 0 Å². The van der Waals surface area contributed by atoms with E-state index in [1.165, 1.54) is 14.2 Å². The van der Waals surface area contributed by atoms with E-state index in [1.54, 1.807) is 13.5 Å². The summed E-state index contributed by atoms with van der Waals surface area (Å²) in [5.41, 5.74) is 1.76. The Balaban J connectivity index is 2.70. The van der Waals surface area contributed by atoms with Gasteiger partial charge >= 0.3 is 6.18 Å². The number of nitrogens with zero attached hydrogens (tertiary/aromatic N) is 1. The van der Waals surface area contributed by atoms with Crippen LogP contribution in [0.2, 0.25) is 0 Å². The number of allylic oxidation sites excluding steroid dienone is 2. The first-order valence-corrected chi connectivity index (χ1v) is 6.42. The van der Waals surface area contributed by atoms with Crippen molar-refractivity contribution in [3.8, 4) is 0 Å². The third kappa shape index (κ3) is 2.71. The smallest absolute Gasteiger partial charge is 0.380 e. The van der Waals surface area contributed by atoms with E-state index in [0.29, 0.717) is 16.8 Å². The molecular weight excluding hydrogens is 283 g/mol. The van der Waals surface area contributed by atoms with Gasteiger partial charge in [-0.2, -0.15) is 18.0 Å². The van der Waals surface area contributed by atoms with E-state index in [1.807, 2.05) is 13.0 Å². The fraction of sp³-hybridized carbons (Fsp3) is 0.400. The summed E-state index contributed by atoms with van der Waals surface area (Å²) in [7, 11) is 4.65. The van der Waals surface area contributed by atoms with Gasteiger partial charge in [0.15, 0.2) is 5.69 Å². The molecule has 0 amide bonds. The Morgan fingerprint density at radius 1 is 1.19 bits per heavy atom. The molecule has 3 nitrogen and oxygen atoms in total. The fourth-order valence-corrected chi connectivity index (χ4v) is 2.46. The lowest BCUT2D eigenvalue weighted by Crippen LogP contribution is -2.44. The number of fused-ring (bicyclic) bond motifs is 1. The molecule has 2 rings (SSSR count). The molecule has 0 saturated heterocycles. The summed E-state index contributed by atoms with van der Waals surface area (Å²) in [4.78, 5) is 5.46. The van der Waals surface area contributed by atoms with Gasteiger partial charge in [-0.15, -0.1) is 4.65 Å². The van der Waals surface area contributed by atoms with E-state index >= 15 is 0 Å². The first-order valence-electron chi connectivity index (χ1n) is 6.42. The highest BCUT2D eigenvalue weighted by molar-refractivity contribution is 5.64. The van der Waals surface area contributed by atoms with Gasteiger partial charge in [0, 0.05) is 32.1 Å². The van der Waals surface area contributed by atoms with Crippen LogP contribution in [-0.4, -0.2) is 21.3 Å². The largest absolute Gasteiger partial charge is 0.416 e. The van der Waals surface area contributed by atoms with E-state index in [4.69, 9.17) is 9.57 Å². The molecule has 1 unspecified atom stereocenters. The summed E-state index contributed by atoms with van der Waals surface area (Å²) in [6.45, 7) is 1.93. The lowest BCUT2D eigenvalue weighted by atomic mass is 9.95. The topological polar surface area (TPSA) is 18.5 Å². The van der Waals surface area contributed by atoms with Gasteiger partial charge in [-0.1, -0.05) is 0 Å². The number of hydrogen-bond acceptors (Lipinski definition) is 2. The first-order chi connectivity index (χ1) is 9.74. The monoisotopic (exact) mass is 301 g/mol. The lowest BCUT2D eigenvalue weighted by molar-refractivity contribution is -0.138. The molecule has 1 aliphatic heterocycles. The van der Waals surface area contributed by atoms with Crippen molar-refractivity contribution in [1.82, 2.24) is 4.65 Å². The number of alkyl halides is 3. The molecule has 0 spiro atoms. The van der Waals surface area contributed by atoms with Crippen molar-refractivity contribution in [3.63, 3.8) is 0 Å². The number of halogens is 3. The van der Waals surface area contributed by atoms with Gasteiger partial charge in [-0.3, -0.25) is 0 Å². The molecule has 1 heterocycles. The molecule has 0 saturated carbocycles. The predicted molar refractivity (Wildman–Crippen MR) is 74.0 cm³/mol. The Hall–Kier alpha value is -1.37. The minimum absolute atomic E-state index is 0.110. The Labute approximate surface area is 122 Å². The number of benzene rings is 1. The van der Waals surface area contributed by atoms with Crippen molar-refractivity contribution in [2.24, 2.45) is 0 Å². The highest BCUT2D eigenvalue weighted by Crippen LogP contribution is 2.42. The predicted octanol–water partition coefficient (Wildman–Crippen LogP) is 3.82. The van der Waals surface area contributed by atoms with Gasteiger partial charge in [-0.25, -0.2) is 0 Å². The molecule has 0 bridgehead atoms. The van der Waals surface area contributed by atoms with Crippen LogP contribution in [0, 0.1) is 6.42 Å². The van der Waals surface area contributed by atoms with E-state index in [2.05, 4.69) is 0 Å². The zero-order valence-electron chi connectivity index (χ0n) is 12.4. The minimum Gasteiger partial charge on any atom is -0.380 e. The van der Waals surface area contributed by atoms with Gasteiger partial charge in [0.25, 0.3) is 0 Å². The summed E-state index contributed by atoms with van der Waals surface area (Å²) in [6.07, 6.45) is -0.762. The zero-order valence-corrected chi connectivity index (χ0v) is 12.4. The number of quaternary nitrogens is 1. The van der Waals surface area contributed by atoms with Crippen LogP contribution in [0.1, 0.15) is 23.6 Å². The van der Waals surface area contributed by atoms with Crippen molar-refractivity contribution >= 4 is 5.69 Å². The Bertz CT molecular complexity index is 581. The van der Waals surface area contributed by atoms with Gasteiger partial charge in [0.1, 0.15) is 12.7 Å². The maximum atomic E-state index is 13.1. The van der Waals surface area contributed by atoms with Gasteiger partial charge < -0.3 is 4.74 Å². The zero-order chi connectivity index (χ0) is 15.8. The summed E-state index contributed by atoms with van der Waals surface area (Å²) >= 11 is 0. The fourth-order valence-electron chi connectivity index (χ4n) is 2.46. The van der Waals surface area contributed by atoms with Crippen LogP contribution in [-0.2, 0) is 22.4 Å². The molecule has 6 heteroatoms. The van der Waals surface area contributed by atoms with Gasteiger partial charge in [-0.05, 0) is 17.7 Å². The average Bonchev–Trinajstić information content (AvgIpc) is 2.42. The van der Waals surface area contributed by atoms with Crippen molar-refractivity contribution < 1.29 is 22.7 Å². The van der Waals surface area contributed by atoms with Crippen LogP contribution < -0.4 is 4.65 Å². The second kappa shape index (κ2) is 5.44. The second-order valence-corrected chi connectivity index (χ2v) is 5.08. The summed E-state index contributed by atoms with van der Waals surface area (Å²) < 4.78 is 44.3. The molecule has 115 valence electrons.